The van der Waals surface area contributed by atoms with Crippen molar-refractivity contribution in [3.63, 3.8) is 0 Å². The minimum absolute atomic E-state index is 0.133. The van der Waals surface area contributed by atoms with Crippen LogP contribution in [0.2, 0.25) is 0 Å². The molecular weight excluding hydrogens is 218 g/mol. The van der Waals surface area contributed by atoms with Gasteiger partial charge < -0.3 is 11.1 Å². The molecular formula is C12H25N3O2. The molecule has 0 radical (unpaired) electrons. The molecule has 5 heteroatoms. The summed E-state index contributed by atoms with van der Waals surface area (Å²) < 4.78 is 0. The fraction of sp³-hybridized carbons (Fsp3) is 0.833. The van der Waals surface area contributed by atoms with Gasteiger partial charge in [-0.15, -0.1) is 0 Å². The first-order valence-corrected chi connectivity index (χ1v) is 5.91. The van der Waals surface area contributed by atoms with E-state index in [-0.39, 0.29) is 11.4 Å². The first-order valence-electron chi connectivity index (χ1n) is 5.91. The second-order valence-corrected chi connectivity index (χ2v) is 5.58. The van der Waals surface area contributed by atoms with Crippen molar-refractivity contribution < 1.29 is 9.59 Å². The Kier molecular flexibility index (Phi) is 5.13. The quantitative estimate of drug-likeness (QED) is 0.636. The summed E-state index contributed by atoms with van der Waals surface area (Å²) >= 11 is 0. The number of nitrogens with two attached hydrogens (primary N) is 1. The molecule has 0 aromatic heterocycles. The van der Waals surface area contributed by atoms with Crippen LogP contribution in [0.25, 0.3) is 0 Å². The lowest BCUT2D eigenvalue weighted by atomic mass is 10.0. The molecule has 0 bridgehead atoms. The van der Waals surface area contributed by atoms with Gasteiger partial charge in [0, 0.05) is 5.54 Å². The Morgan fingerprint density at radius 2 is 1.71 bits per heavy atom. The highest BCUT2D eigenvalue weighted by Gasteiger charge is 2.30. The molecule has 0 saturated heterocycles. The Labute approximate surface area is 104 Å². The highest BCUT2D eigenvalue weighted by molar-refractivity contribution is 5.86. The van der Waals surface area contributed by atoms with Crippen LogP contribution in [0.4, 0.5) is 0 Å². The maximum Gasteiger partial charge on any atom is 0.237 e. The highest BCUT2D eigenvalue weighted by atomic mass is 16.2. The second-order valence-electron chi connectivity index (χ2n) is 5.58. The first-order chi connectivity index (χ1) is 7.52. The lowest BCUT2D eigenvalue weighted by Crippen LogP contribution is -2.59. The van der Waals surface area contributed by atoms with E-state index in [1.165, 1.54) is 0 Å². The number of hydrogen-bond donors (Lipinski definition) is 3. The van der Waals surface area contributed by atoms with E-state index in [9.17, 15) is 9.59 Å². The first kappa shape index (κ1) is 15.9. The minimum Gasteiger partial charge on any atom is -0.368 e. The zero-order chi connectivity index (χ0) is 13.9. The predicted molar refractivity (Wildman–Crippen MR) is 68.4 cm³/mol. The van der Waals surface area contributed by atoms with Crippen LogP contribution in [-0.4, -0.2) is 28.9 Å². The molecule has 17 heavy (non-hydrogen) atoms. The molecule has 0 aromatic carbocycles. The maximum atomic E-state index is 11.9. The third kappa shape index (κ3) is 5.17. The van der Waals surface area contributed by atoms with E-state index in [1.54, 1.807) is 20.8 Å². The minimum atomic E-state index is -0.896. The molecule has 4 N–H and O–H groups in total. The summed E-state index contributed by atoms with van der Waals surface area (Å²) in [6, 6.07) is -0.469. The number of rotatable bonds is 6. The molecule has 1 atom stereocenters. The number of nitrogens with one attached hydrogen (secondary N) is 2. The third-order valence-corrected chi connectivity index (χ3v) is 2.93. The lowest BCUT2D eigenvalue weighted by Gasteiger charge is -2.30. The van der Waals surface area contributed by atoms with E-state index in [2.05, 4.69) is 10.6 Å². The average molecular weight is 243 g/mol. The number of primary amides is 1. The van der Waals surface area contributed by atoms with Gasteiger partial charge >= 0.3 is 0 Å². The molecule has 0 aliphatic carbocycles. The van der Waals surface area contributed by atoms with Gasteiger partial charge in [-0.05, 0) is 41.0 Å². The van der Waals surface area contributed by atoms with Crippen molar-refractivity contribution in [2.45, 2.75) is 65.1 Å². The van der Waals surface area contributed by atoms with Crippen LogP contribution < -0.4 is 16.4 Å². The molecule has 100 valence electrons. The van der Waals surface area contributed by atoms with Crippen LogP contribution in [-0.2, 0) is 9.59 Å². The summed E-state index contributed by atoms with van der Waals surface area (Å²) in [5.41, 5.74) is 4.10. The Morgan fingerprint density at radius 3 is 2.06 bits per heavy atom. The molecule has 0 aliphatic heterocycles. The van der Waals surface area contributed by atoms with E-state index < -0.39 is 17.5 Å². The van der Waals surface area contributed by atoms with Gasteiger partial charge in [0.05, 0.1) is 11.6 Å². The van der Waals surface area contributed by atoms with Crippen LogP contribution in [0.1, 0.15) is 48.0 Å². The van der Waals surface area contributed by atoms with Crippen molar-refractivity contribution in [3.05, 3.63) is 0 Å². The van der Waals surface area contributed by atoms with E-state index in [1.807, 2.05) is 20.8 Å². The summed E-state index contributed by atoms with van der Waals surface area (Å²) in [4.78, 5) is 23.0. The van der Waals surface area contributed by atoms with Gasteiger partial charge in [0.2, 0.25) is 11.8 Å². The van der Waals surface area contributed by atoms with E-state index in [4.69, 9.17) is 5.73 Å². The highest BCUT2D eigenvalue weighted by Crippen LogP contribution is 2.08. The number of amides is 2. The summed E-state index contributed by atoms with van der Waals surface area (Å²) in [5.74, 6) is -0.613. The van der Waals surface area contributed by atoms with Crippen LogP contribution in [0.5, 0.6) is 0 Å². The zero-order valence-corrected chi connectivity index (χ0v) is 11.7. The SMILES string of the molecule is CCC(C)(C)NC(=O)C(C)NC(C)(C)C(N)=O. The molecule has 5 nitrogen and oxygen atoms in total. The summed E-state index contributed by atoms with van der Waals surface area (Å²) in [6.45, 7) is 10.9. The van der Waals surface area contributed by atoms with E-state index >= 15 is 0 Å². The molecule has 0 spiro atoms. The van der Waals surface area contributed by atoms with Gasteiger partial charge in [-0.1, -0.05) is 6.92 Å². The number of carbonyl (C=O) groups excluding carboxylic acids is 2. The van der Waals surface area contributed by atoms with Crippen LogP contribution >= 0.6 is 0 Å². The van der Waals surface area contributed by atoms with Crippen molar-refractivity contribution >= 4 is 11.8 Å². The van der Waals surface area contributed by atoms with E-state index in [0.29, 0.717) is 0 Å². The van der Waals surface area contributed by atoms with Crippen molar-refractivity contribution in [2.24, 2.45) is 5.73 Å². The average Bonchev–Trinajstić information content (AvgIpc) is 2.16. The fourth-order valence-corrected chi connectivity index (χ4v) is 1.21. The van der Waals surface area contributed by atoms with Gasteiger partial charge in [-0.3, -0.25) is 14.9 Å². The smallest absolute Gasteiger partial charge is 0.237 e. The van der Waals surface area contributed by atoms with Crippen LogP contribution in [0.3, 0.4) is 0 Å². The Balaban J connectivity index is 4.48. The van der Waals surface area contributed by atoms with Gasteiger partial charge in [-0.25, -0.2) is 0 Å². The zero-order valence-electron chi connectivity index (χ0n) is 11.7. The van der Waals surface area contributed by atoms with Crippen molar-refractivity contribution in [1.82, 2.24) is 10.6 Å². The number of carbonyl (C=O) groups is 2. The molecule has 2 amide bonds. The maximum absolute atomic E-state index is 11.9. The van der Waals surface area contributed by atoms with Crippen molar-refractivity contribution in [2.75, 3.05) is 0 Å². The summed E-state index contributed by atoms with van der Waals surface area (Å²) in [5, 5.41) is 5.83. The predicted octanol–water partition coefficient (Wildman–Crippen LogP) is 0.533. The van der Waals surface area contributed by atoms with Gasteiger partial charge in [0.25, 0.3) is 0 Å². The summed E-state index contributed by atoms with van der Waals surface area (Å²) in [7, 11) is 0. The molecule has 0 fully saturated rings. The van der Waals surface area contributed by atoms with Crippen LogP contribution in [0, 0.1) is 0 Å². The summed E-state index contributed by atoms with van der Waals surface area (Å²) in [6.07, 6.45) is 0.838. The molecule has 0 saturated carbocycles. The lowest BCUT2D eigenvalue weighted by molar-refractivity contribution is -0.127. The second kappa shape index (κ2) is 5.49. The van der Waals surface area contributed by atoms with Crippen LogP contribution in [0.15, 0.2) is 0 Å². The molecule has 1 unspecified atom stereocenters. The molecule has 0 heterocycles. The van der Waals surface area contributed by atoms with E-state index in [0.717, 1.165) is 6.42 Å². The van der Waals surface area contributed by atoms with Crippen molar-refractivity contribution in [1.29, 1.82) is 0 Å². The fourth-order valence-electron chi connectivity index (χ4n) is 1.21. The number of hydrogen-bond acceptors (Lipinski definition) is 3. The Morgan fingerprint density at radius 1 is 1.24 bits per heavy atom. The van der Waals surface area contributed by atoms with Gasteiger partial charge in [0.15, 0.2) is 0 Å². The monoisotopic (exact) mass is 243 g/mol. The Bertz CT molecular complexity index is 298. The largest absolute Gasteiger partial charge is 0.368 e. The topological polar surface area (TPSA) is 84.2 Å². The molecule has 0 rings (SSSR count). The molecule has 0 aliphatic rings. The van der Waals surface area contributed by atoms with Gasteiger partial charge in [-0.2, -0.15) is 0 Å². The third-order valence-electron chi connectivity index (χ3n) is 2.93. The molecule has 0 aromatic rings. The normalized spacial score (nSPS) is 14.2. The van der Waals surface area contributed by atoms with Crippen molar-refractivity contribution in [3.8, 4) is 0 Å². The standard InChI is InChI=1S/C12H25N3O2/c1-7-11(3,4)15-9(16)8(2)14-12(5,6)10(13)17/h8,14H,7H2,1-6H3,(H2,13,17)(H,15,16). The van der Waals surface area contributed by atoms with Gasteiger partial charge in [0.1, 0.15) is 0 Å². The Hall–Kier alpha value is -1.10.